The van der Waals surface area contributed by atoms with Crippen molar-refractivity contribution < 1.29 is 5.11 Å². The molecule has 1 N–H and O–H groups in total. The van der Waals surface area contributed by atoms with Crippen molar-refractivity contribution >= 4 is 0 Å². The van der Waals surface area contributed by atoms with Gasteiger partial charge >= 0.3 is 0 Å². The third-order valence-corrected chi connectivity index (χ3v) is 4.24. The third kappa shape index (κ3) is 1.82. The minimum atomic E-state index is 0.418. The molecule has 2 heteroatoms. The second-order valence-corrected chi connectivity index (χ2v) is 5.35. The van der Waals surface area contributed by atoms with Gasteiger partial charge < -0.3 is 10.0 Å². The molecule has 1 aliphatic heterocycles. The first-order chi connectivity index (χ1) is 6.72. The van der Waals surface area contributed by atoms with Gasteiger partial charge in [0, 0.05) is 25.7 Å². The second-order valence-electron chi connectivity index (χ2n) is 5.35. The fourth-order valence-electron chi connectivity index (χ4n) is 3.31. The van der Waals surface area contributed by atoms with Crippen molar-refractivity contribution in [1.82, 2.24) is 4.90 Å². The summed E-state index contributed by atoms with van der Waals surface area (Å²) >= 11 is 0. The van der Waals surface area contributed by atoms with Gasteiger partial charge in [-0.1, -0.05) is 6.42 Å². The Morgan fingerprint density at radius 1 is 1.21 bits per heavy atom. The van der Waals surface area contributed by atoms with Gasteiger partial charge in [0.05, 0.1) is 0 Å². The highest BCUT2D eigenvalue weighted by atomic mass is 16.3. The predicted molar refractivity (Wildman–Crippen MR) is 58.1 cm³/mol. The Balaban J connectivity index is 2.04. The molecule has 1 saturated heterocycles. The lowest BCUT2D eigenvalue weighted by molar-refractivity contribution is -0.0180. The van der Waals surface area contributed by atoms with E-state index in [1.165, 1.54) is 32.4 Å². The van der Waals surface area contributed by atoms with E-state index in [2.05, 4.69) is 18.7 Å². The van der Waals surface area contributed by atoms with Crippen LogP contribution in [0.2, 0.25) is 0 Å². The Morgan fingerprint density at radius 2 is 1.79 bits per heavy atom. The van der Waals surface area contributed by atoms with E-state index >= 15 is 0 Å². The van der Waals surface area contributed by atoms with Crippen LogP contribution in [0.4, 0.5) is 0 Å². The molecule has 2 atom stereocenters. The molecular formula is C12H23NO. The van der Waals surface area contributed by atoms with Crippen LogP contribution < -0.4 is 0 Å². The standard InChI is InChI=1S/C12H23NO/c1-9(2)13-6-10-4-3-5-11(7-13)12(10)8-14/h9-12,14H,3-8H2,1-2H3. The van der Waals surface area contributed by atoms with Crippen molar-refractivity contribution in [3.05, 3.63) is 0 Å². The smallest absolute Gasteiger partial charge is 0.0465 e. The van der Waals surface area contributed by atoms with Crippen molar-refractivity contribution in [2.45, 2.75) is 39.2 Å². The zero-order valence-corrected chi connectivity index (χ0v) is 9.45. The van der Waals surface area contributed by atoms with E-state index in [0.717, 1.165) is 11.8 Å². The molecule has 2 bridgehead atoms. The molecule has 82 valence electrons. The number of hydrogen-bond donors (Lipinski definition) is 1. The van der Waals surface area contributed by atoms with Crippen molar-refractivity contribution in [2.24, 2.45) is 17.8 Å². The highest BCUT2D eigenvalue weighted by Gasteiger charge is 2.39. The van der Waals surface area contributed by atoms with Crippen LogP contribution in [0.5, 0.6) is 0 Å². The molecule has 0 radical (unpaired) electrons. The van der Waals surface area contributed by atoms with E-state index in [1.54, 1.807) is 0 Å². The number of nitrogens with zero attached hydrogens (tertiary/aromatic N) is 1. The van der Waals surface area contributed by atoms with Gasteiger partial charge in [-0.2, -0.15) is 0 Å². The molecule has 0 aromatic heterocycles. The van der Waals surface area contributed by atoms with Crippen LogP contribution in [-0.4, -0.2) is 35.7 Å². The van der Waals surface area contributed by atoms with E-state index in [0.29, 0.717) is 18.6 Å². The number of aliphatic hydroxyl groups is 1. The first-order valence-electron chi connectivity index (χ1n) is 6.07. The zero-order chi connectivity index (χ0) is 10.1. The van der Waals surface area contributed by atoms with E-state index in [4.69, 9.17) is 0 Å². The largest absolute Gasteiger partial charge is 0.396 e. The molecular weight excluding hydrogens is 174 g/mol. The molecule has 0 aromatic carbocycles. The van der Waals surface area contributed by atoms with Crippen LogP contribution in [0.3, 0.4) is 0 Å². The Labute approximate surface area is 87.3 Å². The zero-order valence-electron chi connectivity index (χ0n) is 9.45. The molecule has 0 aromatic rings. The Hall–Kier alpha value is -0.0800. The van der Waals surface area contributed by atoms with Gasteiger partial charge in [0.2, 0.25) is 0 Å². The topological polar surface area (TPSA) is 23.5 Å². The monoisotopic (exact) mass is 197 g/mol. The third-order valence-electron chi connectivity index (χ3n) is 4.24. The van der Waals surface area contributed by atoms with Gasteiger partial charge in [0.25, 0.3) is 0 Å². The van der Waals surface area contributed by atoms with Crippen LogP contribution >= 0.6 is 0 Å². The fraction of sp³-hybridized carbons (Fsp3) is 1.00. The Kier molecular flexibility index (Phi) is 3.13. The maximum Gasteiger partial charge on any atom is 0.0465 e. The van der Waals surface area contributed by atoms with Gasteiger partial charge in [-0.15, -0.1) is 0 Å². The minimum Gasteiger partial charge on any atom is -0.396 e. The molecule has 2 aliphatic rings. The minimum absolute atomic E-state index is 0.418. The van der Waals surface area contributed by atoms with E-state index in [-0.39, 0.29) is 0 Å². The molecule has 2 nitrogen and oxygen atoms in total. The summed E-state index contributed by atoms with van der Waals surface area (Å²) in [5.41, 5.74) is 0. The summed E-state index contributed by atoms with van der Waals surface area (Å²) in [6.45, 7) is 7.43. The van der Waals surface area contributed by atoms with E-state index in [1.807, 2.05) is 0 Å². The summed E-state index contributed by atoms with van der Waals surface area (Å²) in [7, 11) is 0. The SMILES string of the molecule is CC(C)N1CC2CCCC(C1)C2CO. The summed E-state index contributed by atoms with van der Waals surface area (Å²) in [6.07, 6.45) is 4.06. The number of aliphatic hydroxyl groups excluding tert-OH is 1. The van der Waals surface area contributed by atoms with Crippen LogP contribution in [0.25, 0.3) is 0 Å². The first kappa shape index (κ1) is 10.4. The van der Waals surface area contributed by atoms with E-state index in [9.17, 15) is 5.11 Å². The molecule has 1 aliphatic carbocycles. The normalized spacial score (nSPS) is 39.0. The Bertz CT molecular complexity index is 179. The predicted octanol–water partition coefficient (Wildman–Crippen LogP) is 1.74. The van der Waals surface area contributed by atoms with Crippen molar-refractivity contribution in [3.8, 4) is 0 Å². The molecule has 2 fully saturated rings. The van der Waals surface area contributed by atoms with Crippen molar-refractivity contribution in [2.75, 3.05) is 19.7 Å². The molecule has 14 heavy (non-hydrogen) atoms. The first-order valence-corrected chi connectivity index (χ1v) is 6.07. The molecule has 1 heterocycles. The van der Waals surface area contributed by atoms with Crippen molar-refractivity contribution in [1.29, 1.82) is 0 Å². The summed E-state index contributed by atoms with van der Waals surface area (Å²) < 4.78 is 0. The van der Waals surface area contributed by atoms with Crippen LogP contribution in [-0.2, 0) is 0 Å². The maximum atomic E-state index is 9.40. The van der Waals surface area contributed by atoms with Crippen LogP contribution in [0.15, 0.2) is 0 Å². The molecule has 2 unspecified atom stereocenters. The molecule has 2 rings (SSSR count). The highest BCUT2D eigenvalue weighted by molar-refractivity contribution is 4.90. The van der Waals surface area contributed by atoms with Gasteiger partial charge in [-0.25, -0.2) is 0 Å². The summed E-state index contributed by atoms with van der Waals surface area (Å²) in [5, 5.41) is 9.40. The van der Waals surface area contributed by atoms with E-state index < -0.39 is 0 Å². The van der Waals surface area contributed by atoms with Crippen molar-refractivity contribution in [3.63, 3.8) is 0 Å². The van der Waals surface area contributed by atoms with Crippen LogP contribution in [0, 0.1) is 17.8 Å². The lowest BCUT2D eigenvalue weighted by Crippen LogP contribution is -2.51. The number of fused-ring (bicyclic) bond motifs is 2. The number of rotatable bonds is 2. The molecule has 0 amide bonds. The quantitative estimate of drug-likeness (QED) is 0.729. The second kappa shape index (κ2) is 4.19. The lowest BCUT2D eigenvalue weighted by atomic mass is 9.69. The van der Waals surface area contributed by atoms with Crippen LogP contribution in [0.1, 0.15) is 33.1 Å². The average Bonchev–Trinajstić information content (AvgIpc) is 2.15. The average molecular weight is 197 g/mol. The van der Waals surface area contributed by atoms with Gasteiger partial charge in [0.1, 0.15) is 0 Å². The van der Waals surface area contributed by atoms with Gasteiger partial charge in [-0.3, -0.25) is 0 Å². The summed E-state index contributed by atoms with van der Waals surface area (Å²) in [5.74, 6) is 2.16. The van der Waals surface area contributed by atoms with Gasteiger partial charge in [0.15, 0.2) is 0 Å². The lowest BCUT2D eigenvalue weighted by Gasteiger charge is -2.48. The maximum absolute atomic E-state index is 9.40. The van der Waals surface area contributed by atoms with Gasteiger partial charge in [-0.05, 0) is 44.4 Å². The number of piperidine rings is 1. The summed E-state index contributed by atoms with van der Waals surface area (Å²) in [6, 6.07) is 0.678. The Morgan fingerprint density at radius 3 is 2.21 bits per heavy atom. The summed E-state index contributed by atoms with van der Waals surface area (Å²) in [4.78, 5) is 2.60. The number of likely N-dealkylation sites (tertiary alicyclic amines) is 1. The fourth-order valence-corrected chi connectivity index (χ4v) is 3.31. The highest BCUT2D eigenvalue weighted by Crippen LogP contribution is 2.39. The molecule has 0 spiro atoms. The molecule has 1 saturated carbocycles. The number of hydrogen-bond acceptors (Lipinski definition) is 2.